The van der Waals surface area contributed by atoms with Gasteiger partial charge in [0.1, 0.15) is 0 Å². The first-order valence-electron chi connectivity index (χ1n) is 8.45. The number of ether oxygens (including phenoxy) is 1. The third-order valence-electron chi connectivity index (χ3n) is 4.10. The highest BCUT2D eigenvalue weighted by Crippen LogP contribution is 2.26. The fourth-order valence-electron chi connectivity index (χ4n) is 2.86. The van der Waals surface area contributed by atoms with Gasteiger partial charge in [0.25, 0.3) is 5.91 Å². The van der Waals surface area contributed by atoms with Gasteiger partial charge in [-0.15, -0.1) is 0 Å². The zero-order chi connectivity index (χ0) is 19.2. The van der Waals surface area contributed by atoms with Crippen LogP contribution in [0.5, 0.6) is 0 Å². The quantitative estimate of drug-likeness (QED) is 0.823. The van der Waals surface area contributed by atoms with Gasteiger partial charge in [-0.1, -0.05) is 18.2 Å². The van der Waals surface area contributed by atoms with E-state index in [9.17, 15) is 14.4 Å². The van der Waals surface area contributed by atoms with Gasteiger partial charge < -0.3 is 15.0 Å². The summed E-state index contributed by atoms with van der Waals surface area (Å²) in [6.45, 7) is 0.0801. The van der Waals surface area contributed by atoms with Crippen LogP contribution in [0.4, 0.5) is 11.4 Å². The van der Waals surface area contributed by atoms with Gasteiger partial charge in [-0.2, -0.15) is 5.26 Å². The van der Waals surface area contributed by atoms with Crippen molar-refractivity contribution in [1.82, 2.24) is 0 Å². The number of esters is 1. The molecule has 3 rings (SSSR count). The molecule has 0 unspecified atom stereocenters. The van der Waals surface area contributed by atoms with Crippen LogP contribution >= 0.6 is 0 Å². The van der Waals surface area contributed by atoms with E-state index in [0.717, 1.165) is 6.42 Å². The predicted molar refractivity (Wildman–Crippen MR) is 98.1 cm³/mol. The highest BCUT2D eigenvalue weighted by atomic mass is 16.5. The van der Waals surface area contributed by atoms with Crippen molar-refractivity contribution in [3.63, 3.8) is 0 Å². The van der Waals surface area contributed by atoms with E-state index in [1.165, 1.54) is 6.07 Å². The van der Waals surface area contributed by atoms with Crippen LogP contribution < -0.4 is 10.2 Å². The average molecular weight is 363 g/mol. The van der Waals surface area contributed by atoms with E-state index >= 15 is 0 Å². The monoisotopic (exact) mass is 363 g/mol. The predicted octanol–water partition coefficient (Wildman–Crippen LogP) is 2.48. The number of nitriles is 1. The Morgan fingerprint density at radius 2 is 2.00 bits per heavy atom. The first kappa shape index (κ1) is 18.1. The second kappa shape index (κ2) is 8.15. The summed E-state index contributed by atoms with van der Waals surface area (Å²) in [7, 11) is 0. The molecule has 1 N–H and O–H groups in total. The fourth-order valence-corrected chi connectivity index (χ4v) is 2.86. The van der Waals surface area contributed by atoms with Gasteiger partial charge in [-0.25, -0.2) is 4.79 Å². The molecule has 136 valence electrons. The average Bonchev–Trinajstić information content (AvgIpc) is 3.12. The molecule has 1 aliphatic rings. The molecule has 7 heteroatoms. The van der Waals surface area contributed by atoms with Crippen LogP contribution in [0.1, 0.15) is 28.8 Å². The maximum Gasteiger partial charge on any atom is 0.340 e. The number of amides is 2. The van der Waals surface area contributed by atoms with Gasteiger partial charge in [0, 0.05) is 18.7 Å². The van der Waals surface area contributed by atoms with Crippen molar-refractivity contribution in [3.8, 4) is 6.07 Å². The topological polar surface area (TPSA) is 99.5 Å². The normalized spacial score (nSPS) is 13.1. The van der Waals surface area contributed by atoms with E-state index in [1.54, 1.807) is 47.4 Å². The van der Waals surface area contributed by atoms with Crippen LogP contribution in [0, 0.1) is 11.3 Å². The van der Waals surface area contributed by atoms with Gasteiger partial charge in [-0.3, -0.25) is 9.59 Å². The smallest absolute Gasteiger partial charge is 0.340 e. The molecule has 0 bridgehead atoms. The molecule has 2 amide bonds. The fraction of sp³-hybridized carbons (Fsp3) is 0.200. The number of nitrogens with zero attached hydrogens (tertiary/aromatic N) is 2. The minimum atomic E-state index is -0.675. The Morgan fingerprint density at radius 3 is 2.74 bits per heavy atom. The highest BCUT2D eigenvalue weighted by molar-refractivity contribution is 6.04. The van der Waals surface area contributed by atoms with Crippen LogP contribution in [-0.2, 0) is 14.3 Å². The van der Waals surface area contributed by atoms with E-state index < -0.39 is 18.5 Å². The Hall–Kier alpha value is -3.66. The standard InChI is InChI=1S/C20H17N3O4/c21-12-14-5-3-6-15(11-14)22-18(24)13-27-20(26)16-7-1-2-8-17(16)23-10-4-9-19(23)25/h1-3,5-8,11H,4,9-10,13H2,(H,22,24). The molecular formula is C20H17N3O4. The second-order valence-electron chi connectivity index (χ2n) is 5.98. The van der Waals surface area contributed by atoms with Crippen molar-refractivity contribution in [2.24, 2.45) is 0 Å². The molecule has 0 aliphatic carbocycles. The van der Waals surface area contributed by atoms with Crippen molar-refractivity contribution in [1.29, 1.82) is 5.26 Å². The van der Waals surface area contributed by atoms with Crippen molar-refractivity contribution < 1.29 is 19.1 Å². The van der Waals surface area contributed by atoms with E-state index in [1.807, 2.05) is 6.07 Å². The molecule has 0 radical (unpaired) electrons. The molecule has 27 heavy (non-hydrogen) atoms. The van der Waals surface area contributed by atoms with Crippen LogP contribution in [-0.4, -0.2) is 30.9 Å². The molecular weight excluding hydrogens is 346 g/mol. The van der Waals surface area contributed by atoms with E-state index in [0.29, 0.717) is 29.9 Å². The van der Waals surface area contributed by atoms with Crippen molar-refractivity contribution >= 4 is 29.2 Å². The summed E-state index contributed by atoms with van der Waals surface area (Å²) in [6.07, 6.45) is 1.19. The van der Waals surface area contributed by atoms with Crippen LogP contribution in [0.2, 0.25) is 0 Å². The first-order valence-corrected chi connectivity index (χ1v) is 8.45. The van der Waals surface area contributed by atoms with Crippen LogP contribution in [0.25, 0.3) is 0 Å². The molecule has 7 nitrogen and oxygen atoms in total. The maximum atomic E-state index is 12.4. The number of para-hydroxylation sites is 1. The maximum absolute atomic E-state index is 12.4. The second-order valence-corrected chi connectivity index (χ2v) is 5.98. The van der Waals surface area contributed by atoms with Crippen molar-refractivity contribution in [2.75, 3.05) is 23.4 Å². The van der Waals surface area contributed by atoms with Gasteiger partial charge in [0.05, 0.1) is 22.9 Å². The number of carbonyl (C=O) groups excluding carboxylic acids is 3. The first-order chi connectivity index (χ1) is 13.1. The highest BCUT2D eigenvalue weighted by Gasteiger charge is 2.26. The lowest BCUT2D eigenvalue weighted by Gasteiger charge is -2.18. The molecule has 1 aliphatic heterocycles. The lowest BCUT2D eigenvalue weighted by Crippen LogP contribution is -2.27. The third kappa shape index (κ3) is 4.30. The number of benzene rings is 2. The summed E-state index contributed by atoms with van der Waals surface area (Å²) in [5.41, 5.74) is 1.59. The summed E-state index contributed by atoms with van der Waals surface area (Å²) in [5, 5.41) is 11.4. The largest absolute Gasteiger partial charge is 0.452 e. The molecule has 2 aromatic carbocycles. The summed E-state index contributed by atoms with van der Waals surface area (Å²) in [6, 6.07) is 15.1. The molecule has 1 heterocycles. The summed E-state index contributed by atoms with van der Waals surface area (Å²) >= 11 is 0. The minimum Gasteiger partial charge on any atom is -0.452 e. The Kier molecular flexibility index (Phi) is 5.47. The molecule has 0 aromatic heterocycles. The van der Waals surface area contributed by atoms with E-state index in [-0.39, 0.29) is 11.5 Å². The lowest BCUT2D eigenvalue weighted by molar-refractivity contribution is -0.119. The van der Waals surface area contributed by atoms with Gasteiger partial charge in [0.2, 0.25) is 5.91 Å². The number of rotatable bonds is 5. The summed E-state index contributed by atoms with van der Waals surface area (Å²) < 4.78 is 5.10. The zero-order valence-electron chi connectivity index (χ0n) is 14.5. The Bertz CT molecular complexity index is 933. The third-order valence-corrected chi connectivity index (χ3v) is 4.10. The zero-order valence-corrected chi connectivity index (χ0v) is 14.5. The number of anilines is 2. The van der Waals surface area contributed by atoms with Gasteiger partial charge in [0.15, 0.2) is 6.61 Å². The van der Waals surface area contributed by atoms with Crippen molar-refractivity contribution in [3.05, 3.63) is 59.7 Å². The van der Waals surface area contributed by atoms with Gasteiger partial charge in [-0.05, 0) is 36.8 Å². The molecule has 1 fully saturated rings. The molecule has 2 aromatic rings. The summed E-state index contributed by atoms with van der Waals surface area (Å²) in [4.78, 5) is 37.9. The van der Waals surface area contributed by atoms with E-state index in [4.69, 9.17) is 10.00 Å². The van der Waals surface area contributed by atoms with Crippen molar-refractivity contribution in [2.45, 2.75) is 12.8 Å². The van der Waals surface area contributed by atoms with Crippen LogP contribution in [0.3, 0.4) is 0 Å². The Morgan fingerprint density at radius 1 is 1.19 bits per heavy atom. The lowest BCUT2D eigenvalue weighted by atomic mass is 10.1. The number of carbonyl (C=O) groups is 3. The molecule has 0 atom stereocenters. The minimum absolute atomic E-state index is 0.0367. The van der Waals surface area contributed by atoms with Gasteiger partial charge >= 0.3 is 5.97 Å². The number of hydrogen-bond donors (Lipinski definition) is 1. The molecule has 0 spiro atoms. The van der Waals surface area contributed by atoms with Crippen LogP contribution in [0.15, 0.2) is 48.5 Å². The Balaban J connectivity index is 1.63. The number of hydrogen-bond acceptors (Lipinski definition) is 5. The molecule has 1 saturated heterocycles. The van der Waals surface area contributed by atoms with E-state index in [2.05, 4.69) is 5.32 Å². The Labute approximate surface area is 156 Å². The number of nitrogens with one attached hydrogen (secondary N) is 1. The molecule has 0 saturated carbocycles. The SMILES string of the molecule is N#Cc1cccc(NC(=O)COC(=O)c2ccccc2N2CCCC2=O)c1. The summed E-state index contributed by atoms with van der Waals surface area (Å²) in [5.74, 6) is -1.23.